The molecule has 102 valence electrons. The molecule has 1 aromatic carbocycles. The van der Waals surface area contributed by atoms with Crippen molar-refractivity contribution in [2.45, 2.75) is 19.4 Å². The Labute approximate surface area is 126 Å². The molecule has 3 nitrogen and oxygen atoms in total. The van der Waals surface area contributed by atoms with Gasteiger partial charge in [0, 0.05) is 28.5 Å². The number of fused-ring (bicyclic) bond motifs is 1. The van der Waals surface area contributed by atoms with Gasteiger partial charge in [-0.15, -0.1) is 0 Å². The molecule has 2 heterocycles. The van der Waals surface area contributed by atoms with E-state index < -0.39 is 0 Å². The van der Waals surface area contributed by atoms with Crippen LogP contribution in [0.3, 0.4) is 0 Å². The predicted molar refractivity (Wildman–Crippen MR) is 81.8 cm³/mol. The van der Waals surface area contributed by atoms with Crippen LogP contribution in [0.15, 0.2) is 41.0 Å². The van der Waals surface area contributed by atoms with Gasteiger partial charge in [0.15, 0.2) is 5.78 Å². The highest BCUT2D eigenvalue weighted by Gasteiger charge is 2.17. The number of nitrogens with one attached hydrogen (secondary N) is 1. The number of pyridine rings is 1. The Morgan fingerprint density at radius 1 is 1.30 bits per heavy atom. The van der Waals surface area contributed by atoms with Crippen LogP contribution in [-0.2, 0) is 19.4 Å². The number of hydrogen-bond acceptors (Lipinski definition) is 3. The fourth-order valence-electron chi connectivity index (χ4n) is 2.56. The van der Waals surface area contributed by atoms with E-state index in [1.54, 1.807) is 6.20 Å². The van der Waals surface area contributed by atoms with E-state index >= 15 is 0 Å². The second-order valence-corrected chi connectivity index (χ2v) is 5.85. The maximum Gasteiger partial charge on any atom is 0.169 e. The van der Waals surface area contributed by atoms with Gasteiger partial charge >= 0.3 is 0 Å². The molecule has 0 amide bonds. The number of benzene rings is 1. The van der Waals surface area contributed by atoms with E-state index in [-0.39, 0.29) is 5.78 Å². The number of halogens is 1. The third-order valence-corrected chi connectivity index (χ3v) is 4.04. The van der Waals surface area contributed by atoms with Crippen LogP contribution in [0.4, 0.5) is 0 Å². The van der Waals surface area contributed by atoms with Gasteiger partial charge in [-0.05, 0) is 52.2 Å². The van der Waals surface area contributed by atoms with Crippen LogP contribution in [0.2, 0.25) is 0 Å². The Bertz CT molecular complexity index is 637. The van der Waals surface area contributed by atoms with Crippen LogP contribution in [0.1, 0.15) is 27.2 Å². The van der Waals surface area contributed by atoms with Crippen LogP contribution in [0.5, 0.6) is 0 Å². The van der Waals surface area contributed by atoms with Crippen LogP contribution < -0.4 is 5.32 Å². The van der Waals surface area contributed by atoms with E-state index in [1.807, 2.05) is 24.3 Å². The largest absolute Gasteiger partial charge is 0.312 e. The minimum absolute atomic E-state index is 0.151. The van der Waals surface area contributed by atoms with E-state index in [0.29, 0.717) is 6.42 Å². The fourth-order valence-corrected chi connectivity index (χ4v) is 2.80. The number of carbonyl (C=O) groups excluding carboxylic acids is 1. The summed E-state index contributed by atoms with van der Waals surface area (Å²) in [7, 11) is 0. The number of Topliss-reactive ketones (excluding diaryl/α,β-unsaturated/α-hetero) is 1. The summed E-state index contributed by atoms with van der Waals surface area (Å²) in [5.74, 6) is 0.151. The molecule has 0 aliphatic carbocycles. The van der Waals surface area contributed by atoms with Gasteiger partial charge in [-0.3, -0.25) is 9.78 Å². The molecule has 1 aliphatic heterocycles. The smallest absolute Gasteiger partial charge is 0.169 e. The quantitative estimate of drug-likeness (QED) is 0.880. The van der Waals surface area contributed by atoms with Crippen molar-refractivity contribution in [3.05, 3.63) is 63.4 Å². The first-order chi connectivity index (χ1) is 9.74. The minimum Gasteiger partial charge on any atom is -0.312 e. The average Bonchev–Trinajstić information content (AvgIpc) is 2.49. The van der Waals surface area contributed by atoms with Crippen LogP contribution >= 0.6 is 15.9 Å². The van der Waals surface area contributed by atoms with Crippen LogP contribution in [-0.4, -0.2) is 17.3 Å². The van der Waals surface area contributed by atoms with Gasteiger partial charge in [0.25, 0.3) is 0 Å². The summed E-state index contributed by atoms with van der Waals surface area (Å²) in [5, 5.41) is 3.33. The van der Waals surface area contributed by atoms with Gasteiger partial charge in [-0.25, -0.2) is 0 Å². The van der Waals surface area contributed by atoms with Crippen LogP contribution in [0.25, 0.3) is 0 Å². The zero-order chi connectivity index (χ0) is 13.9. The van der Waals surface area contributed by atoms with Crippen molar-refractivity contribution < 1.29 is 4.79 Å². The Morgan fingerprint density at radius 3 is 3.00 bits per heavy atom. The number of rotatable bonds is 3. The van der Waals surface area contributed by atoms with Crippen molar-refractivity contribution in [3.8, 4) is 0 Å². The summed E-state index contributed by atoms with van der Waals surface area (Å²) < 4.78 is 0.928. The second kappa shape index (κ2) is 5.85. The average molecular weight is 331 g/mol. The van der Waals surface area contributed by atoms with Crippen molar-refractivity contribution in [2.75, 3.05) is 6.54 Å². The topological polar surface area (TPSA) is 42.0 Å². The van der Waals surface area contributed by atoms with E-state index in [2.05, 4.69) is 32.3 Å². The lowest BCUT2D eigenvalue weighted by atomic mass is 9.92. The standard InChI is InChI=1S/C16H15BrN2O/c17-12-4-5-13(19-10-12)8-16(20)15-3-1-2-11-9-18-7-6-14(11)15/h1-5,10,18H,6-9H2. The first kappa shape index (κ1) is 13.5. The zero-order valence-electron chi connectivity index (χ0n) is 11.0. The summed E-state index contributed by atoms with van der Waals surface area (Å²) in [6, 6.07) is 9.80. The molecule has 0 atom stereocenters. The van der Waals surface area contributed by atoms with Gasteiger partial charge in [-0.2, -0.15) is 0 Å². The van der Waals surface area contributed by atoms with E-state index in [0.717, 1.165) is 35.2 Å². The molecule has 0 fully saturated rings. The monoisotopic (exact) mass is 330 g/mol. The van der Waals surface area contributed by atoms with Crippen molar-refractivity contribution in [1.29, 1.82) is 0 Å². The molecule has 0 unspecified atom stereocenters. The Kier molecular flexibility index (Phi) is 3.94. The highest BCUT2D eigenvalue weighted by atomic mass is 79.9. The van der Waals surface area contributed by atoms with Gasteiger partial charge in [0.1, 0.15) is 0 Å². The van der Waals surface area contributed by atoms with Gasteiger partial charge in [0.2, 0.25) is 0 Å². The number of aromatic nitrogens is 1. The molecule has 0 saturated carbocycles. The molecule has 4 heteroatoms. The lowest BCUT2D eigenvalue weighted by Crippen LogP contribution is -2.25. The number of ketones is 1. The van der Waals surface area contributed by atoms with Gasteiger partial charge < -0.3 is 5.32 Å². The highest BCUT2D eigenvalue weighted by molar-refractivity contribution is 9.10. The summed E-state index contributed by atoms with van der Waals surface area (Å²) in [4.78, 5) is 16.8. The molecule has 1 aliphatic rings. The van der Waals surface area contributed by atoms with E-state index in [1.165, 1.54) is 11.1 Å². The molecule has 0 radical (unpaired) electrons. The number of nitrogens with zero attached hydrogens (tertiary/aromatic N) is 1. The van der Waals surface area contributed by atoms with Gasteiger partial charge in [0.05, 0.1) is 6.42 Å². The lowest BCUT2D eigenvalue weighted by molar-refractivity contribution is 0.0990. The Morgan fingerprint density at radius 2 is 2.20 bits per heavy atom. The zero-order valence-corrected chi connectivity index (χ0v) is 12.6. The molecule has 2 aromatic rings. The maximum atomic E-state index is 12.5. The molecule has 0 spiro atoms. The van der Waals surface area contributed by atoms with Crippen molar-refractivity contribution in [3.63, 3.8) is 0 Å². The molecule has 0 bridgehead atoms. The molecule has 3 rings (SSSR count). The number of hydrogen-bond donors (Lipinski definition) is 1. The van der Waals surface area contributed by atoms with Crippen molar-refractivity contribution in [2.24, 2.45) is 0 Å². The Hall–Kier alpha value is -1.52. The molecular weight excluding hydrogens is 316 g/mol. The summed E-state index contributed by atoms with van der Waals surface area (Å²) in [5.41, 5.74) is 4.11. The molecule has 0 saturated heterocycles. The second-order valence-electron chi connectivity index (χ2n) is 4.94. The Balaban J connectivity index is 1.85. The minimum atomic E-state index is 0.151. The third-order valence-electron chi connectivity index (χ3n) is 3.57. The van der Waals surface area contributed by atoms with E-state index in [4.69, 9.17) is 0 Å². The first-order valence-corrected chi connectivity index (χ1v) is 7.48. The molecule has 1 N–H and O–H groups in total. The molecular formula is C16H15BrN2O. The SMILES string of the molecule is O=C(Cc1ccc(Br)cn1)c1cccc2c1CCNC2. The lowest BCUT2D eigenvalue weighted by Gasteiger charge is -2.19. The van der Waals surface area contributed by atoms with Crippen molar-refractivity contribution in [1.82, 2.24) is 10.3 Å². The molecule has 1 aromatic heterocycles. The summed E-state index contributed by atoms with van der Waals surface area (Å²) in [6.45, 7) is 1.79. The van der Waals surface area contributed by atoms with Crippen LogP contribution in [0, 0.1) is 0 Å². The van der Waals surface area contributed by atoms with Gasteiger partial charge in [-0.1, -0.05) is 18.2 Å². The summed E-state index contributed by atoms with van der Waals surface area (Å²) >= 11 is 3.35. The summed E-state index contributed by atoms with van der Waals surface area (Å²) in [6.07, 6.45) is 3.01. The fraction of sp³-hybridized carbons (Fsp3) is 0.250. The maximum absolute atomic E-state index is 12.5. The van der Waals surface area contributed by atoms with Crippen molar-refractivity contribution >= 4 is 21.7 Å². The predicted octanol–water partition coefficient (Wildman–Crippen LogP) is 2.92. The normalized spacial score (nSPS) is 13.8. The first-order valence-electron chi connectivity index (χ1n) is 6.69. The third kappa shape index (κ3) is 2.81. The number of carbonyl (C=O) groups is 1. The highest BCUT2D eigenvalue weighted by Crippen LogP contribution is 2.20. The van der Waals surface area contributed by atoms with E-state index in [9.17, 15) is 4.79 Å². The molecule has 20 heavy (non-hydrogen) atoms.